The number of aliphatic hydroxyl groups is 1. The van der Waals surface area contributed by atoms with Crippen LogP contribution in [0, 0.1) is 34.0 Å². The molecule has 1 fully saturated rings. The summed E-state index contributed by atoms with van der Waals surface area (Å²) >= 11 is 0. The number of aliphatic hydroxyl groups excluding tert-OH is 1. The minimum Gasteiger partial charge on any atom is -0.391 e. The Kier molecular flexibility index (Phi) is 4.84. The van der Waals surface area contributed by atoms with Crippen LogP contribution in [0.2, 0.25) is 0 Å². The second-order valence-electron chi connectivity index (χ2n) is 7.63. The van der Waals surface area contributed by atoms with Gasteiger partial charge in [-0.15, -0.1) is 0 Å². The lowest BCUT2D eigenvalue weighted by molar-refractivity contribution is -0.00446. The molecule has 1 saturated carbocycles. The molecule has 0 aromatic rings. The number of hydrogen-bond acceptors (Lipinski definition) is 2. The Hall–Kier alpha value is -0.550. The molecule has 0 saturated heterocycles. The van der Waals surface area contributed by atoms with Gasteiger partial charge in [0.05, 0.1) is 17.6 Å². The van der Waals surface area contributed by atoms with Crippen LogP contribution in [-0.2, 0) is 0 Å². The molecule has 2 nitrogen and oxygen atoms in total. The molecule has 0 aromatic heterocycles. The molecule has 1 rings (SSSR count). The summed E-state index contributed by atoms with van der Waals surface area (Å²) < 4.78 is 0. The summed E-state index contributed by atoms with van der Waals surface area (Å²) in [6, 6.07) is 2.45. The van der Waals surface area contributed by atoms with Crippen LogP contribution in [0.4, 0.5) is 0 Å². The van der Waals surface area contributed by atoms with Crippen molar-refractivity contribution in [3.05, 3.63) is 0 Å². The highest BCUT2D eigenvalue weighted by molar-refractivity contribution is 5.06. The number of nitrogens with zero attached hydrogens (tertiary/aromatic N) is 1. The average Bonchev–Trinajstić information content (AvgIpc) is 2.26. The topological polar surface area (TPSA) is 44.0 Å². The van der Waals surface area contributed by atoms with E-state index in [1.807, 2.05) is 0 Å². The molecule has 104 valence electrons. The fourth-order valence-electron chi connectivity index (χ4n) is 3.12. The van der Waals surface area contributed by atoms with E-state index in [0.29, 0.717) is 12.3 Å². The van der Waals surface area contributed by atoms with Gasteiger partial charge in [0.2, 0.25) is 0 Å². The van der Waals surface area contributed by atoms with E-state index >= 15 is 0 Å². The fraction of sp³-hybridized carbons (Fsp3) is 0.938. The first-order valence-corrected chi connectivity index (χ1v) is 7.29. The van der Waals surface area contributed by atoms with E-state index < -0.39 is 11.5 Å². The molecule has 1 atom stereocenters. The highest BCUT2D eigenvalue weighted by atomic mass is 16.3. The first-order chi connectivity index (χ1) is 8.20. The van der Waals surface area contributed by atoms with Gasteiger partial charge in [-0.3, -0.25) is 0 Å². The number of nitriles is 1. The van der Waals surface area contributed by atoms with Gasteiger partial charge in [0.1, 0.15) is 0 Å². The van der Waals surface area contributed by atoms with Crippen LogP contribution in [0.15, 0.2) is 0 Å². The van der Waals surface area contributed by atoms with Crippen molar-refractivity contribution in [3.63, 3.8) is 0 Å². The summed E-state index contributed by atoms with van der Waals surface area (Å²) in [5, 5.41) is 20.0. The van der Waals surface area contributed by atoms with Crippen LogP contribution in [0.1, 0.15) is 66.7 Å². The molecule has 0 radical (unpaired) electrons. The summed E-state index contributed by atoms with van der Waals surface area (Å²) in [4.78, 5) is 0. The monoisotopic (exact) mass is 251 g/mol. The second-order valence-corrected chi connectivity index (χ2v) is 7.63. The van der Waals surface area contributed by atoms with Gasteiger partial charge in [0.15, 0.2) is 0 Å². The maximum absolute atomic E-state index is 10.5. The third-order valence-corrected chi connectivity index (χ3v) is 4.53. The molecule has 18 heavy (non-hydrogen) atoms. The molecule has 1 aliphatic carbocycles. The molecule has 0 aliphatic heterocycles. The van der Waals surface area contributed by atoms with Gasteiger partial charge < -0.3 is 5.11 Å². The molecule has 1 aliphatic rings. The lowest BCUT2D eigenvalue weighted by atomic mass is 9.64. The molecule has 0 spiro atoms. The number of hydrogen-bond donors (Lipinski definition) is 1. The number of rotatable bonds is 3. The van der Waals surface area contributed by atoms with Gasteiger partial charge in [-0.2, -0.15) is 5.26 Å². The minimum absolute atomic E-state index is 0.0815. The summed E-state index contributed by atoms with van der Waals surface area (Å²) in [5.74, 6) is 1.43. The van der Waals surface area contributed by atoms with E-state index in [-0.39, 0.29) is 5.41 Å². The first-order valence-electron chi connectivity index (χ1n) is 7.29. The van der Waals surface area contributed by atoms with Gasteiger partial charge in [-0.05, 0) is 49.4 Å². The fourth-order valence-corrected chi connectivity index (χ4v) is 3.12. The van der Waals surface area contributed by atoms with E-state index in [0.717, 1.165) is 31.6 Å². The smallest absolute Gasteiger partial charge is 0.0832 e. The predicted octanol–water partition coefficient (Wildman–Crippen LogP) is 4.14. The van der Waals surface area contributed by atoms with E-state index in [9.17, 15) is 10.4 Å². The van der Waals surface area contributed by atoms with Crippen LogP contribution in [0.5, 0.6) is 0 Å². The standard InChI is InChI=1S/C16H29NO/c1-12(2)13-6-8-16(11-17,9-7-13)14(18)10-15(3,4)5/h12-14,18H,6-10H2,1-5H3. The quantitative estimate of drug-likeness (QED) is 0.819. The van der Waals surface area contributed by atoms with E-state index in [1.54, 1.807) is 0 Å². The second kappa shape index (κ2) is 5.61. The third kappa shape index (κ3) is 3.72. The molecule has 0 amide bonds. The predicted molar refractivity (Wildman–Crippen MR) is 74.9 cm³/mol. The van der Waals surface area contributed by atoms with Crippen molar-refractivity contribution in [1.29, 1.82) is 5.26 Å². The van der Waals surface area contributed by atoms with Crippen molar-refractivity contribution < 1.29 is 5.11 Å². The lowest BCUT2D eigenvalue weighted by Crippen LogP contribution is -2.40. The van der Waals surface area contributed by atoms with Crippen LogP contribution in [-0.4, -0.2) is 11.2 Å². The van der Waals surface area contributed by atoms with Crippen molar-refractivity contribution >= 4 is 0 Å². The normalized spacial score (nSPS) is 31.1. The molecule has 1 N–H and O–H groups in total. The van der Waals surface area contributed by atoms with Crippen molar-refractivity contribution in [3.8, 4) is 6.07 Å². The van der Waals surface area contributed by atoms with Crippen molar-refractivity contribution in [2.45, 2.75) is 72.8 Å². The van der Waals surface area contributed by atoms with E-state index in [4.69, 9.17) is 0 Å². The maximum Gasteiger partial charge on any atom is 0.0832 e. The maximum atomic E-state index is 10.5. The van der Waals surface area contributed by atoms with Crippen LogP contribution in [0.3, 0.4) is 0 Å². The molecule has 0 heterocycles. The van der Waals surface area contributed by atoms with E-state index in [2.05, 4.69) is 40.7 Å². The van der Waals surface area contributed by atoms with Gasteiger partial charge in [-0.1, -0.05) is 34.6 Å². The Morgan fingerprint density at radius 3 is 2.11 bits per heavy atom. The summed E-state index contributed by atoms with van der Waals surface area (Å²) in [6.45, 7) is 10.9. The van der Waals surface area contributed by atoms with Gasteiger partial charge in [-0.25, -0.2) is 0 Å². The SMILES string of the molecule is CC(C)C1CCC(C#N)(C(O)CC(C)(C)C)CC1. The zero-order valence-electron chi connectivity index (χ0n) is 12.7. The molecule has 2 heteroatoms. The Labute approximate surface area is 112 Å². The van der Waals surface area contributed by atoms with Crippen LogP contribution >= 0.6 is 0 Å². The molecule has 0 bridgehead atoms. The zero-order chi connectivity index (χ0) is 14.0. The highest BCUT2D eigenvalue weighted by Crippen LogP contribution is 2.45. The van der Waals surface area contributed by atoms with Gasteiger partial charge in [0.25, 0.3) is 0 Å². The summed E-state index contributed by atoms with van der Waals surface area (Å²) in [7, 11) is 0. The zero-order valence-corrected chi connectivity index (χ0v) is 12.7. The minimum atomic E-state index is -0.487. The Balaban J connectivity index is 2.69. The highest BCUT2D eigenvalue weighted by Gasteiger charge is 2.43. The van der Waals surface area contributed by atoms with Gasteiger partial charge >= 0.3 is 0 Å². The Morgan fingerprint density at radius 2 is 1.78 bits per heavy atom. The first kappa shape index (κ1) is 15.5. The molecular formula is C16H29NO. The molecular weight excluding hydrogens is 222 g/mol. The van der Waals surface area contributed by atoms with Crippen molar-refractivity contribution in [2.24, 2.45) is 22.7 Å². The van der Waals surface area contributed by atoms with Gasteiger partial charge in [0, 0.05) is 0 Å². The third-order valence-electron chi connectivity index (χ3n) is 4.53. The molecule has 1 unspecified atom stereocenters. The van der Waals surface area contributed by atoms with Crippen LogP contribution < -0.4 is 0 Å². The Morgan fingerprint density at radius 1 is 1.28 bits per heavy atom. The summed E-state index contributed by atoms with van der Waals surface area (Å²) in [5.41, 5.74) is -0.406. The summed E-state index contributed by atoms with van der Waals surface area (Å²) in [6.07, 6.45) is 4.15. The largest absolute Gasteiger partial charge is 0.391 e. The Bertz CT molecular complexity index is 300. The van der Waals surface area contributed by atoms with Crippen molar-refractivity contribution in [1.82, 2.24) is 0 Å². The van der Waals surface area contributed by atoms with E-state index in [1.165, 1.54) is 0 Å². The molecule has 0 aromatic carbocycles. The van der Waals surface area contributed by atoms with Crippen molar-refractivity contribution in [2.75, 3.05) is 0 Å². The van der Waals surface area contributed by atoms with Crippen LogP contribution in [0.25, 0.3) is 0 Å². The average molecular weight is 251 g/mol. The lowest BCUT2D eigenvalue weighted by Gasteiger charge is -2.41.